The topological polar surface area (TPSA) is 57.6 Å². The Bertz CT molecular complexity index is 573. The van der Waals surface area contributed by atoms with Gasteiger partial charge in [0.1, 0.15) is 4.90 Å². The van der Waals surface area contributed by atoms with E-state index < -0.39 is 16.6 Å². The SMILES string of the molecule is CCN(CC(C)C)S(=O)(=O)c1ccc(Cl)c(CO)c1Cl. The van der Waals surface area contributed by atoms with E-state index in [9.17, 15) is 13.5 Å². The van der Waals surface area contributed by atoms with Gasteiger partial charge in [-0.25, -0.2) is 8.42 Å². The molecule has 7 heteroatoms. The van der Waals surface area contributed by atoms with Crippen molar-refractivity contribution in [2.24, 2.45) is 5.92 Å². The molecule has 1 aromatic rings. The first-order chi connectivity index (χ1) is 9.25. The van der Waals surface area contributed by atoms with Gasteiger partial charge in [0.15, 0.2) is 0 Å². The number of benzene rings is 1. The van der Waals surface area contributed by atoms with Crippen molar-refractivity contribution >= 4 is 33.2 Å². The number of aliphatic hydroxyl groups is 1. The van der Waals surface area contributed by atoms with Crippen LogP contribution in [0.25, 0.3) is 0 Å². The first kappa shape index (κ1) is 17.7. The van der Waals surface area contributed by atoms with E-state index >= 15 is 0 Å². The van der Waals surface area contributed by atoms with Gasteiger partial charge in [-0.3, -0.25) is 0 Å². The van der Waals surface area contributed by atoms with E-state index in [1.165, 1.54) is 16.4 Å². The summed E-state index contributed by atoms with van der Waals surface area (Å²) < 4.78 is 26.6. The molecule has 0 unspecified atom stereocenters. The van der Waals surface area contributed by atoms with E-state index in [2.05, 4.69) is 0 Å². The summed E-state index contributed by atoms with van der Waals surface area (Å²) in [4.78, 5) is -0.0184. The summed E-state index contributed by atoms with van der Waals surface area (Å²) in [7, 11) is -3.69. The van der Waals surface area contributed by atoms with Crippen molar-refractivity contribution < 1.29 is 13.5 Å². The Labute approximate surface area is 130 Å². The molecule has 1 aromatic carbocycles. The lowest BCUT2D eigenvalue weighted by atomic mass is 10.2. The smallest absolute Gasteiger partial charge is 0.244 e. The quantitative estimate of drug-likeness (QED) is 0.865. The molecular formula is C13H19Cl2NO3S. The van der Waals surface area contributed by atoms with Crippen LogP contribution in [0.3, 0.4) is 0 Å². The molecule has 0 amide bonds. The summed E-state index contributed by atoms with van der Waals surface area (Å²) in [5.41, 5.74) is 0.231. The molecule has 0 heterocycles. The fourth-order valence-electron chi connectivity index (χ4n) is 1.86. The maximum absolute atomic E-state index is 12.6. The van der Waals surface area contributed by atoms with Gasteiger partial charge in [-0.1, -0.05) is 44.0 Å². The highest BCUT2D eigenvalue weighted by molar-refractivity contribution is 7.89. The first-order valence-corrected chi connectivity index (χ1v) is 8.53. The number of nitrogens with zero attached hydrogens (tertiary/aromatic N) is 1. The van der Waals surface area contributed by atoms with Crippen LogP contribution in [0.5, 0.6) is 0 Å². The van der Waals surface area contributed by atoms with Crippen molar-refractivity contribution in [3.63, 3.8) is 0 Å². The molecular weight excluding hydrogens is 321 g/mol. The highest BCUT2D eigenvalue weighted by atomic mass is 35.5. The van der Waals surface area contributed by atoms with E-state index in [4.69, 9.17) is 23.2 Å². The summed E-state index contributed by atoms with van der Waals surface area (Å²) >= 11 is 12.0. The molecule has 0 fully saturated rings. The van der Waals surface area contributed by atoms with Crippen molar-refractivity contribution in [3.8, 4) is 0 Å². The van der Waals surface area contributed by atoms with Gasteiger partial charge in [0.25, 0.3) is 0 Å². The molecule has 1 rings (SSSR count). The summed E-state index contributed by atoms with van der Waals surface area (Å²) in [5, 5.41) is 9.49. The van der Waals surface area contributed by atoms with Crippen LogP contribution in [-0.4, -0.2) is 30.9 Å². The van der Waals surface area contributed by atoms with Crippen molar-refractivity contribution in [3.05, 3.63) is 27.7 Å². The third-order valence-corrected chi connectivity index (χ3v) is 5.73. The van der Waals surface area contributed by atoms with Crippen LogP contribution in [0.15, 0.2) is 17.0 Å². The van der Waals surface area contributed by atoms with Crippen LogP contribution < -0.4 is 0 Å². The van der Waals surface area contributed by atoms with Crippen LogP contribution in [0.1, 0.15) is 26.3 Å². The number of hydrogen-bond acceptors (Lipinski definition) is 3. The van der Waals surface area contributed by atoms with Gasteiger partial charge < -0.3 is 5.11 Å². The predicted molar refractivity (Wildman–Crippen MR) is 81.7 cm³/mol. The van der Waals surface area contributed by atoms with Crippen LogP contribution in [0, 0.1) is 5.92 Å². The fraction of sp³-hybridized carbons (Fsp3) is 0.538. The molecule has 0 saturated heterocycles. The highest BCUT2D eigenvalue weighted by Crippen LogP contribution is 2.32. The zero-order valence-corrected chi connectivity index (χ0v) is 14.1. The number of hydrogen-bond donors (Lipinski definition) is 1. The van der Waals surface area contributed by atoms with E-state index in [0.29, 0.717) is 13.1 Å². The van der Waals surface area contributed by atoms with E-state index in [0.717, 1.165) is 0 Å². The van der Waals surface area contributed by atoms with Gasteiger partial charge in [0, 0.05) is 23.7 Å². The average Bonchev–Trinajstić information content (AvgIpc) is 2.35. The Morgan fingerprint density at radius 1 is 1.30 bits per heavy atom. The molecule has 0 radical (unpaired) electrons. The summed E-state index contributed by atoms with van der Waals surface area (Å²) in [5.74, 6) is 0.202. The molecule has 20 heavy (non-hydrogen) atoms. The van der Waals surface area contributed by atoms with Crippen LogP contribution in [-0.2, 0) is 16.6 Å². The molecule has 0 bridgehead atoms. The van der Waals surface area contributed by atoms with Gasteiger partial charge in [-0.2, -0.15) is 4.31 Å². The molecule has 0 spiro atoms. The van der Waals surface area contributed by atoms with E-state index in [1.54, 1.807) is 6.92 Å². The lowest BCUT2D eigenvalue weighted by molar-refractivity contribution is 0.281. The molecule has 0 aliphatic carbocycles. The Balaban J connectivity index is 3.35. The van der Waals surface area contributed by atoms with Crippen molar-refractivity contribution in [1.29, 1.82) is 0 Å². The summed E-state index contributed by atoms with van der Waals surface area (Å²) in [6, 6.07) is 2.82. The highest BCUT2D eigenvalue weighted by Gasteiger charge is 2.27. The van der Waals surface area contributed by atoms with Crippen molar-refractivity contribution in [2.75, 3.05) is 13.1 Å². The second kappa shape index (κ2) is 7.09. The van der Waals surface area contributed by atoms with Gasteiger partial charge >= 0.3 is 0 Å². The maximum atomic E-state index is 12.6. The zero-order valence-electron chi connectivity index (χ0n) is 11.7. The van der Waals surface area contributed by atoms with Crippen LogP contribution in [0.2, 0.25) is 10.0 Å². The second-order valence-electron chi connectivity index (χ2n) is 4.85. The number of sulfonamides is 1. The van der Waals surface area contributed by atoms with Crippen LogP contribution in [0.4, 0.5) is 0 Å². The maximum Gasteiger partial charge on any atom is 0.244 e. The van der Waals surface area contributed by atoms with Crippen LogP contribution >= 0.6 is 23.2 Å². The van der Waals surface area contributed by atoms with Gasteiger partial charge in [0.05, 0.1) is 11.6 Å². The second-order valence-corrected chi connectivity index (χ2v) is 7.54. The Hall–Kier alpha value is -0.330. The Kier molecular flexibility index (Phi) is 6.28. The molecule has 0 saturated carbocycles. The molecule has 0 atom stereocenters. The third kappa shape index (κ3) is 3.65. The minimum atomic E-state index is -3.69. The molecule has 1 N–H and O–H groups in total. The van der Waals surface area contributed by atoms with Crippen molar-refractivity contribution in [2.45, 2.75) is 32.3 Å². The largest absolute Gasteiger partial charge is 0.392 e. The minimum Gasteiger partial charge on any atom is -0.392 e. The average molecular weight is 340 g/mol. The number of rotatable bonds is 6. The zero-order chi connectivity index (χ0) is 15.5. The number of halogens is 2. The first-order valence-electron chi connectivity index (χ1n) is 6.33. The minimum absolute atomic E-state index is 0.0118. The van der Waals surface area contributed by atoms with E-state index in [1.807, 2.05) is 13.8 Å². The third-order valence-electron chi connectivity index (χ3n) is 2.85. The summed E-state index contributed by atoms with van der Waals surface area (Å²) in [6.07, 6.45) is 0. The monoisotopic (exact) mass is 339 g/mol. The van der Waals surface area contributed by atoms with Gasteiger partial charge in [-0.05, 0) is 18.1 Å². The Morgan fingerprint density at radius 2 is 1.90 bits per heavy atom. The van der Waals surface area contributed by atoms with Gasteiger partial charge in [0.2, 0.25) is 10.0 Å². The number of aliphatic hydroxyl groups excluding tert-OH is 1. The Morgan fingerprint density at radius 3 is 2.35 bits per heavy atom. The lowest BCUT2D eigenvalue weighted by Crippen LogP contribution is -2.34. The summed E-state index contributed by atoms with van der Waals surface area (Å²) in [6.45, 7) is 6.02. The predicted octanol–water partition coefficient (Wildman–Crippen LogP) is 3.15. The molecule has 4 nitrogen and oxygen atoms in total. The normalized spacial score (nSPS) is 12.4. The lowest BCUT2D eigenvalue weighted by Gasteiger charge is -2.23. The molecule has 0 aromatic heterocycles. The molecule has 0 aliphatic heterocycles. The standard InChI is InChI=1S/C13H19Cl2NO3S/c1-4-16(7-9(2)3)20(18,19)12-6-5-11(14)10(8-17)13(12)15/h5-6,9,17H,4,7-8H2,1-3H3. The fourth-order valence-corrected chi connectivity index (χ4v) is 4.35. The van der Waals surface area contributed by atoms with Gasteiger partial charge in [-0.15, -0.1) is 0 Å². The van der Waals surface area contributed by atoms with Crippen molar-refractivity contribution in [1.82, 2.24) is 4.31 Å². The molecule has 114 valence electrons. The van der Waals surface area contributed by atoms with E-state index in [-0.39, 0.29) is 26.4 Å². The molecule has 0 aliphatic rings.